The highest BCUT2D eigenvalue weighted by molar-refractivity contribution is 6.35. The van der Waals surface area contributed by atoms with Crippen molar-refractivity contribution < 1.29 is 4.39 Å². The van der Waals surface area contributed by atoms with Crippen LogP contribution in [-0.2, 0) is 6.42 Å². The summed E-state index contributed by atoms with van der Waals surface area (Å²) in [6.07, 6.45) is 1.74. The van der Waals surface area contributed by atoms with Gasteiger partial charge in [0.2, 0.25) is 0 Å². The average molecular weight is 239 g/mol. The van der Waals surface area contributed by atoms with Crippen LogP contribution in [0.3, 0.4) is 0 Å². The highest BCUT2D eigenvalue weighted by Gasteiger charge is 2.09. The lowest BCUT2D eigenvalue weighted by atomic mass is 10.1. The second-order valence-electron chi connectivity index (χ2n) is 3.71. The zero-order valence-electron chi connectivity index (χ0n) is 8.93. The largest absolute Gasteiger partial charge is 0.383 e. The molecular weight excluding hydrogens is 227 g/mol. The first-order chi connectivity index (χ1) is 7.63. The number of anilines is 1. The Labute approximate surface area is 98.2 Å². The van der Waals surface area contributed by atoms with Gasteiger partial charge in [-0.1, -0.05) is 24.9 Å². The van der Waals surface area contributed by atoms with Crippen molar-refractivity contribution in [3.63, 3.8) is 0 Å². The average Bonchev–Trinajstić information content (AvgIpc) is 2.26. The molecule has 1 heterocycles. The van der Waals surface area contributed by atoms with Gasteiger partial charge in [-0.15, -0.1) is 0 Å². The number of hydrogen-bond donors (Lipinski definition) is 1. The summed E-state index contributed by atoms with van der Waals surface area (Å²) < 4.78 is 13.6. The number of rotatable bonds is 2. The van der Waals surface area contributed by atoms with Crippen LogP contribution < -0.4 is 5.73 Å². The maximum atomic E-state index is 13.6. The van der Waals surface area contributed by atoms with E-state index >= 15 is 0 Å². The Morgan fingerprint density at radius 2 is 2.19 bits per heavy atom. The topological polar surface area (TPSA) is 38.9 Å². The van der Waals surface area contributed by atoms with Crippen LogP contribution in [0.15, 0.2) is 18.2 Å². The third kappa shape index (κ3) is 1.83. The summed E-state index contributed by atoms with van der Waals surface area (Å²) in [4.78, 5) is 4.16. The zero-order valence-corrected chi connectivity index (χ0v) is 9.68. The van der Waals surface area contributed by atoms with Gasteiger partial charge in [-0.05, 0) is 30.2 Å². The van der Waals surface area contributed by atoms with Crippen molar-refractivity contribution in [2.24, 2.45) is 0 Å². The smallest absolute Gasteiger partial charge is 0.132 e. The van der Waals surface area contributed by atoms with E-state index < -0.39 is 0 Å². The molecular formula is C12H12ClFN2. The predicted molar refractivity (Wildman–Crippen MR) is 65.1 cm³/mol. The quantitative estimate of drug-likeness (QED) is 0.869. The van der Waals surface area contributed by atoms with Gasteiger partial charge in [0.05, 0.1) is 10.5 Å². The number of pyridine rings is 1. The van der Waals surface area contributed by atoms with Crippen LogP contribution in [0.4, 0.5) is 10.2 Å². The number of nitrogens with two attached hydrogens (primary N) is 1. The first kappa shape index (κ1) is 11.1. The fourth-order valence-corrected chi connectivity index (χ4v) is 1.92. The normalized spacial score (nSPS) is 10.9. The predicted octanol–water partition coefficient (Wildman–Crippen LogP) is 3.56. The van der Waals surface area contributed by atoms with E-state index in [0.29, 0.717) is 21.7 Å². The molecule has 0 atom stereocenters. The van der Waals surface area contributed by atoms with Crippen LogP contribution in [0.2, 0.25) is 5.02 Å². The minimum absolute atomic E-state index is 0.316. The molecule has 0 saturated carbocycles. The standard InChI is InChI=1S/C12H12ClFN2/c1-2-3-7-6-8-10(14)5-4-9(13)11(8)16-12(7)15/h4-6H,2-3H2,1H3,(H2,15,16). The molecule has 0 unspecified atom stereocenters. The first-order valence-corrected chi connectivity index (χ1v) is 5.54. The minimum atomic E-state index is -0.316. The van der Waals surface area contributed by atoms with Gasteiger partial charge in [0.15, 0.2) is 0 Å². The first-order valence-electron chi connectivity index (χ1n) is 5.16. The molecule has 16 heavy (non-hydrogen) atoms. The van der Waals surface area contributed by atoms with Gasteiger partial charge in [-0.3, -0.25) is 0 Å². The van der Waals surface area contributed by atoms with E-state index in [2.05, 4.69) is 4.98 Å². The molecule has 1 aromatic heterocycles. The molecule has 4 heteroatoms. The SMILES string of the molecule is CCCc1cc2c(F)ccc(Cl)c2nc1N. The lowest BCUT2D eigenvalue weighted by Gasteiger charge is -2.07. The molecule has 0 amide bonds. The molecule has 0 fully saturated rings. The maximum Gasteiger partial charge on any atom is 0.132 e. The molecule has 84 valence electrons. The summed E-state index contributed by atoms with van der Waals surface area (Å²) in [5.41, 5.74) is 7.10. The summed E-state index contributed by atoms with van der Waals surface area (Å²) in [5.74, 6) is 0.117. The Morgan fingerprint density at radius 3 is 2.88 bits per heavy atom. The molecule has 2 aromatic rings. The molecule has 0 spiro atoms. The fraction of sp³-hybridized carbons (Fsp3) is 0.250. The summed E-state index contributed by atoms with van der Waals surface area (Å²) in [7, 11) is 0. The summed E-state index contributed by atoms with van der Waals surface area (Å²) in [6, 6.07) is 4.58. The van der Waals surface area contributed by atoms with Gasteiger partial charge in [-0.2, -0.15) is 0 Å². The Hall–Kier alpha value is -1.35. The van der Waals surface area contributed by atoms with E-state index in [0.717, 1.165) is 18.4 Å². The monoisotopic (exact) mass is 238 g/mol. The number of fused-ring (bicyclic) bond motifs is 1. The highest BCUT2D eigenvalue weighted by atomic mass is 35.5. The Bertz CT molecular complexity index is 540. The molecule has 0 radical (unpaired) electrons. The number of halogens is 2. The van der Waals surface area contributed by atoms with Crippen molar-refractivity contribution in [3.8, 4) is 0 Å². The lowest BCUT2D eigenvalue weighted by molar-refractivity contribution is 0.639. The number of aromatic nitrogens is 1. The van der Waals surface area contributed by atoms with Gasteiger partial charge in [0.1, 0.15) is 11.6 Å². The maximum absolute atomic E-state index is 13.6. The van der Waals surface area contributed by atoms with Gasteiger partial charge < -0.3 is 5.73 Å². The highest BCUT2D eigenvalue weighted by Crippen LogP contribution is 2.27. The summed E-state index contributed by atoms with van der Waals surface area (Å²) in [5, 5.41) is 0.858. The third-order valence-corrected chi connectivity index (χ3v) is 2.82. The van der Waals surface area contributed by atoms with Crippen molar-refractivity contribution in [2.75, 3.05) is 5.73 Å². The van der Waals surface area contributed by atoms with Crippen LogP contribution in [0.5, 0.6) is 0 Å². The molecule has 0 bridgehead atoms. The van der Waals surface area contributed by atoms with Crippen LogP contribution in [0.1, 0.15) is 18.9 Å². The molecule has 1 aromatic carbocycles. The Morgan fingerprint density at radius 1 is 1.44 bits per heavy atom. The van der Waals surface area contributed by atoms with E-state index in [-0.39, 0.29) is 5.82 Å². The molecule has 0 saturated heterocycles. The minimum Gasteiger partial charge on any atom is -0.383 e. The van der Waals surface area contributed by atoms with Crippen molar-refractivity contribution >= 4 is 28.3 Å². The van der Waals surface area contributed by atoms with Gasteiger partial charge >= 0.3 is 0 Å². The van der Waals surface area contributed by atoms with Crippen LogP contribution in [0.25, 0.3) is 10.9 Å². The third-order valence-electron chi connectivity index (χ3n) is 2.51. The number of hydrogen-bond acceptors (Lipinski definition) is 2. The van der Waals surface area contributed by atoms with Gasteiger partial charge in [0, 0.05) is 5.39 Å². The second kappa shape index (κ2) is 4.26. The lowest BCUT2D eigenvalue weighted by Crippen LogP contribution is -1.99. The van der Waals surface area contributed by atoms with Gasteiger partial charge in [0.25, 0.3) is 0 Å². The van der Waals surface area contributed by atoms with E-state index in [1.54, 1.807) is 6.07 Å². The number of nitrogens with zero attached hydrogens (tertiary/aromatic N) is 1. The summed E-state index contributed by atoms with van der Waals surface area (Å²) >= 11 is 5.95. The molecule has 0 aliphatic rings. The Balaban J connectivity index is 2.73. The fourth-order valence-electron chi connectivity index (χ4n) is 1.72. The molecule has 2 rings (SSSR count). The van der Waals surface area contributed by atoms with Crippen LogP contribution in [0, 0.1) is 5.82 Å². The second-order valence-corrected chi connectivity index (χ2v) is 4.12. The van der Waals surface area contributed by atoms with Crippen molar-refractivity contribution in [3.05, 3.63) is 34.6 Å². The van der Waals surface area contributed by atoms with Crippen LogP contribution in [-0.4, -0.2) is 4.98 Å². The van der Waals surface area contributed by atoms with Crippen molar-refractivity contribution in [1.82, 2.24) is 4.98 Å². The molecule has 2 nitrogen and oxygen atoms in total. The Kier molecular flexibility index (Phi) is 2.97. The number of aryl methyl sites for hydroxylation is 1. The number of benzene rings is 1. The molecule has 0 aliphatic heterocycles. The van der Waals surface area contributed by atoms with Crippen LogP contribution >= 0.6 is 11.6 Å². The van der Waals surface area contributed by atoms with Gasteiger partial charge in [-0.25, -0.2) is 9.37 Å². The van der Waals surface area contributed by atoms with E-state index in [4.69, 9.17) is 17.3 Å². The molecule has 0 aliphatic carbocycles. The zero-order chi connectivity index (χ0) is 11.7. The van der Waals surface area contributed by atoms with Crippen molar-refractivity contribution in [2.45, 2.75) is 19.8 Å². The van der Waals surface area contributed by atoms with E-state index in [1.807, 2.05) is 6.92 Å². The van der Waals surface area contributed by atoms with Crippen molar-refractivity contribution in [1.29, 1.82) is 0 Å². The van der Waals surface area contributed by atoms with E-state index in [1.165, 1.54) is 12.1 Å². The number of nitrogen functional groups attached to an aromatic ring is 1. The molecule has 2 N–H and O–H groups in total. The van der Waals surface area contributed by atoms with E-state index in [9.17, 15) is 4.39 Å². The summed E-state index contributed by atoms with van der Waals surface area (Å²) in [6.45, 7) is 2.04.